The first kappa shape index (κ1) is 37.7. The summed E-state index contributed by atoms with van der Waals surface area (Å²) in [6.07, 6.45) is 7.82. The molecular formula is C35H56N2O9. The van der Waals surface area contributed by atoms with Gasteiger partial charge in [0.05, 0.1) is 30.8 Å². The molecule has 3 aliphatic rings. The molecule has 0 unspecified atom stereocenters. The van der Waals surface area contributed by atoms with Crippen molar-refractivity contribution in [2.45, 2.75) is 123 Å². The molecule has 3 rings (SSSR count). The number of aliphatic hydroxyl groups is 2. The van der Waals surface area contributed by atoms with Crippen LogP contribution in [0.5, 0.6) is 0 Å². The van der Waals surface area contributed by atoms with Gasteiger partial charge in [0.15, 0.2) is 11.7 Å². The third-order valence-electron chi connectivity index (χ3n) is 9.31. The Balaban J connectivity index is 1.77. The molecule has 3 N–H and O–H groups in total. The van der Waals surface area contributed by atoms with E-state index in [-0.39, 0.29) is 55.3 Å². The van der Waals surface area contributed by atoms with E-state index < -0.39 is 41.9 Å². The molecular weight excluding hydrogens is 592 g/mol. The van der Waals surface area contributed by atoms with Crippen LogP contribution < -0.4 is 5.32 Å². The molecule has 0 radical (unpaired) electrons. The van der Waals surface area contributed by atoms with Gasteiger partial charge in [-0.3, -0.25) is 9.59 Å². The average Bonchev–Trinajstić information content (AvgIpc) is 3.78. The zero-order chi connectivity index (χ0) is 34.0. The molecule has 0 aromatic heterocycles. The molecule has 0 aromatic carbocycles. The van der Waals surface area contributed by atoms with E-state index in [0.29, 0.717) is 32.6 Å². The maximum atomic E-state index is 13.2. The lowest BCUT2D eigenvalue weighted by Crippen LogP contribution is -2.52. The Morgan fingerprint density at radius 2 is 1.91 bits per heavy atom. The number of rotatable bonds is 10. The van der Waals surface area contributed by atoms with Crippen LogP contribution in [0.2, 0.25) is 0 Å². The number of nitrogens with zero attached hydrogens (tertiary/aromatic N) is 1. The molecule has 11 heteroatoms. The normalized spacial score (nSPS) is 34.0. The second-order valence-corrected chi connectivity index (χ2v) is 13.5. The fourth-order valence-corrected chi connectivity index (χ4v) is 6.17. The monoisotopic (exact) mass is 648 g/mol. The van der Waals surface area contributed by atoms with Crippen LogP contribution in [0, 0.1) is 17.8 Å². The van der Waals surface area contributed by atoms with Gasteiger partial charge in [-0.15, -0.1) is 0 Å². The predicted octanol–water partition coefficient (Wildman–Crippen LogP) is 4.07. The Hall–Kier alpha value is -2.73. The van der Waals surface area contributed by atoms with Gasteiger partial charge in [0, 0.05) is 44.9 Å². The zero-order valence-corrected chi connectivity index (χ0v) is 28.6. The second kappa shape index (κ2) is 17.4. The summed E-state index contributed by atoms with van der Waals surface area (Å²) < 4.78 is 23.4. The van der Waals surface area contributed by atoms with E-state index in [1.165, 1.54) is 6.92 Å². The fraction of sp³-hybridized carbons (Fsp3) is 0.743. The number of epoxide rings is 1. The number of hydrogen-bond acceptors (Lipinski definition) is 10. The first-order valence-electron chi connectivity index (χ1n) is 16.8. The molecule has 260 valence electrons. The van der Waals surface area contributed by atoms with Crippen LogP contribution in [-0.2, 0) is 28.5 Å². The molecule has 2 fully saturated rings. The Kier molecular flexibility index (Phi) is 14.3. The summed E-state index contributed by atoms with van der Waals surface area (Å²) in [5.74, 6) is -1.05. The van der Waals surface area contributed by atoms with E-state index in [0.717, 1.165) is 12.0 Å². The molecule has 0 bridgehead atoms. The van der Waals surface area contributed by atoms with Gasteiger partial charge in [0.25, 0.3) is 0 Å². The highest BCUT2D eigenvalue weighted by atomic mass is 16.6. The molecule has 0 saturated carbocycles. The van der Waals surface area contributed by atoms with Crippen LogP contribution in [0.4, 0.5) is 4.79 Å². The number of cyclic esters (lactones) is 1. The van der Waals surface area contributed by atoms with E-state index in [1.807, 2.05) is 45.9 Å². The molecule has 10 atom stereocenters. The minimum absolute atomic E-state index is 0.0879. The number of esters is 2. The minimum atomic E-state index is -1.29. The quantitative estimate of drug-likeness (QED) is 0.104. The molecule has 0 spiro atoms. The Bertz CT molecular complexity index is 1120. The molecule has 11 nitrogen and oxygen atoms in total. The van der Waals surface area contributed by atoms with Crippen molar-refractivity contribution in [3.8, 4) is 0 Å². The van der Waals surface area contributed by atoms with E-state index in [1.54, 1.807) is 17.9 Å². The molecule has 0 aromatic rings. The molecule has 2 saturated heterocycles. The number of allylic oxidation sites excluding steroid dienone is 3. The number of piperazine rings is 1. The van der Waals surface area contributed by atoms with Crippen molar-refractivity contribution in [2.75, 3.05) is 26.2 Å². The molecule has 3 heterocycles. The third-order valence-corrected chi connectivity index (χ3v) is 9.31. The van der Waals surface area contributed by atoms with Gasteiger partial charge in [-0.1, -0.05) is 52.0 Å². The second-order valence-electron chi connectivity index (χ2n) is 13.5. The molecule has 3 aliphatic heterocycles. The summed E-state index contributed by atoms with van der Waals surface area (Å²) in [6, 6.07) is 0. The first-order valence-corrected chi connectivity index (χ1v) is 16.8. The van der Waals surface area contributed by atoms with Crippen LogP contribution in [0.25, 0.3) is 0 Å². The number of amides is 1. The van der Waals surface area contributed by atoms with Crippen molar-refractivity contribution in [1.82, 2.24) is 10.2 Å². The van der Waals surface area contributed by atoms with Crippen LogP contribution in [0.1, 0.15) is 80.6 Å². The van der Waals surface area contributed by atoms with Gasteiger partial charge in [-0.25, -0.2) is 4.79 Å². The van der Waals surface area contributed by atoms with Crippen molar-refractivity contribution in [2.24, 2.45) is 17.8 Å². The highest BCUT2D eigenvalue weighted by Crippen LogP contribution is 2.36. The highest BCUT2D eigenvalue weighted by Gasteiger charge is 2.45. The zero-order valence-electron chi connectivity index (χ0n) is 28.6. The standard InChI is InChI=1S/C35H56N2O9/c1-8-28(40)25(5)33-29(44-33)20-22(2)10-9-11-23(3)32-24(4)12-13-30(43-26(6)38)35(7,15-14-27(39)21-31(41)45-32)46-34(42)37-18-16-36-17-19-37/h9-13,22,24-25,27-30,32-33,36,39-40H,8,14-21H2,1-7H3/b10-9+,13-12+,23-11+/t22-,24+,25-,27-,28+,29-,30+,32-,33-,35-/m1/s1. The molecule has 0 aliphatic carbocycles. The summed E-state index contributed by atoms with van der Waals surface area (Å²) >= 11 is 0. The minimum Gasteiger partial charge on any atom is -0.457 e. The summed E-state index contributed by atoms with van der Waals surface area (Å²) in [5, 5.41) is 24.1. The summed E-state index contributed by atoms with van der Waals surface area (Å²) in [6.45, 7) is 15.2. The summed E-state index contributed by atoms with van der Waals surface area (Å²) in [4.78, 5) is 39.9. The van der Waals surface area contributed by atoms with Crippen LogP contribution >= 0.6 is 0 Å². The lowest BCUT2D eigenvalue weighted by Gasteiger charge is -2.38. The number of ether oxygens (including phenoxy) is 4. The maximum Gasteiger partial charge on any atom is 0.410 e. The van der Waals surface area contributed by atoms with Crippen molar-refractivity contribution in [3.63, 3.8) is 0 Å². The molecule has 46 heavy (non-hydrogen) atoms. The smallest absolute Gasteiger partial charge is 0.410 e. The largest absolute Gasteiger partial charge is 0.457 e. The van der Waals surface area contributed by atoms with Gasteiger partial charge in [0.2, 0.25) is 0 Å². The van der Waals surface area contributed by atoms with Gasteiger partial charge in [-0.05, 0) is 57.1 Å². The van der Waals surface area contributed by atoms with Gasteiger partial charge in [-0.2, -0.15) is 0 Å². The highest BCUT2D eigenvalue weighted by molar-refractivity contribution is 5.71. The Labute approximate surface area is 274 Å². The van der Waals surface area contributed by atoms with Crippen LogP contribution in [0.3, 0.4) is 0 Å². The third kappa shape index (κ3) is 11.2. The van der Waals surface area contributed by atoms with Gasteiger partial charge in [0.1, 0.15) is 6.10 Å². The average molecular weight is 649 g/mol. The fourth-order valence-electron chi connectivity index (χ4n) is 6.17. The molecule has 1 amide bonds. The lowest BCUT2D eigenvalue weighted by atomic mass is 9.88. The lowest BCUT2D eigenvalue weighted by molar-refractivity contribution is -0.158. The van der Waals surface area contributed by atoms with E-state index in [2.05, 4.69) is 18.3 Å². The van der Waals surface area contributed by atoms with Crippen molar-refractivity contribution in [3.05, 3.63) is 36.0 Å². The number of carbonyl (C=O) groups excluding carboxylic acids is 3. The van der Waals surface area contributed by atoms with Crippen molar-refractivity contribution < 1.29 is 43.5 Å². The number of hydrogen-bond donors (Lipinski definition) is 3. The number of nitrogens with one attached hydrogen (secondary N) is 1. The maximum absolute atomic E-state index is 13.2. The predicted molar refractivity (Wildman–Crippen MR) is 174 cm³/mol. The number of carbonyl (C=O) groups is 3. The first-order chi connectivity index (χ1) is 21.7. The summed E-state index contributed by atoms with van der Waals surface area (Å²) in [7, 11) is 0. The van der Waals surface area contributed by atoms with Crippen LogP contribution in [0.15, 0.2) is 36.0 Å². The van der Waals surface area contributed by atoms with Crippen LogP contribution in [-0.4, -0.2) is 102 Å². The Morgan fingerprint density at radius 1 is 1.22 bits per heavy atom. The Morgan fingerprint density at radius 3 is 2.57 bits per heavy atom. The number of aliphatic hydroxyl groups excluding tert-OH is 2. The SMILES string of the molecule is CC[C@H](O)[C@@H](C)[C@H]1O[C@@H]1C[C@H](C)/C=C/C=C(\C)[C@H]1OC(=O)C[C@H](O)CC[C@@](C)(OC(=O)N2CCNCC2)[C@@H](OC(C)=O)/C=C/[C@@H]1C. The van der Waals surface area contributed by atoms with E-state index >= 15 is 0 Å². The summed E-state index contributed by atoms with van der Waals surface area (Å²) in [5.41, 5.74) is -0.484. The van der Waals surface area contributed by atoms with Crippen molar-refractivity contribution in [1.29, 1.82) is 0 Å². The van der Waals surface area contributed by atoms with Gasteiger partial charge >= 0.3 is 18.0 Å². The topological polar surface area (TPSA) is 147 Å². The van der Waals surface area contributed by atoms with E-state index in [4.69, 9.17) is 18.9 Å². The van der Waals surface area contributed by atoms with Gasteiger partial charge < -0.3 is 39.4 Å². The van der Waals surface area contributed by atoms with E-state index in [9.17, 15) is 24.6 Å². The van der Waals surface area contributed by atoms with Crippen molar-refractivity contribution >= 4 is 18.0 Å².